The van der Waals surface area contributed by atoms with Gasteiger partial charge in [-0.25, -0.2) is 0 Å². The number of nitrogens with zero attached hydrogens (tertiary/aromatic N) is 3. The maximum absolute atomic E-state index is 11.7. The highest BCUT2D eigenvalue weighted by Gasteiger charge is 2.09. The Morgan fingerprint density at radius 1 is 1.42 bits per heavy atom. The second kappa shape index (κ2) is 6.04. The van der Waals surface area contributed by atoms with Crippen LogP contribution in [0, 0.1) is 0 Å². The second-order valence-corrected chi connectivity index (χ2v) is 4.86. The van der Waals surface area contributed by atoms with Gasteiger partial charge in [0.15, 0.2) is 5.69 Å². The zero-order valence-corrected chi connectivity index (χ0v) is 11.7. The number of rotatable bonds is 4. The fourth-order valence-electron chi connectivity index (χ4n) is 1.58. The molecule has 7 heteroatoms. The van der Waals surface area contributed by atoms with Gasteiger partial charge in [-0.1, -0.05) is 34.5 Å². The van der Waals surface area contributed by atoms with Gasteiger partial charge in [0.05, 0.1) is 6.20 Å². The average molecular weight is 299 g/mol. The Bertz CT molecular complexity index is 597. The standard InChI is InChI=1S/C12H12Cl2N4O/c1-18-7-11(16-17-18)12(19)15-5-4-8-2-3-9(13)6-10(8)14/h2-3,6-7H,4-5H2,1H3,(H,15,19). The molecule has 1 amide bonds. The van der Waals surface area contributed by atoms with Gasteiger partial charge in [0.1, 0.15) is 0 Å². The molecular weight excluding hydrogens is 287 g/mol. The molecule has 0 radical (unpaired) electrons. The first kappa shape index (κ1) is 13.8. The normalized spacial score (nSPS) is 10.5. The van der Waals surface area contributed by atoms with Crippen LogP contribution in [0.25, 0.3) is 0 Å². The highest BCUT2D eigenvalue weighted by molar-refractivity contribution is 6.35. The molecule has 1 N–H and O–H groups in total. The Balaban J connectivity index is 1.88. The minimum atomic E-state index is -0.252. The summed E-state index contributed by atoms with van der Waals surface area (Å²) in [5.74, 6) is -0.252. The number of aryl methyl sites for hydroxylation is 1. The van der Waals surface area contributed by atoms with Crippen LogP contribution in [-0.4, -0.2) is 27.4 Å². The first-order valence-electron chi connectivity index (χ1n) is 5.64. The summed E-state index contributed by atoms with van der Waals surface area (Å²) < 4.78 is 1.48. The van der Waals surface area contributed by atoms with E-state index in [2.05, 4.69) is 15.6 Å². The number of benzene rings is 1. The third-order valence-corrected chi connectivity index (χ3v) is 3.12. The molecule has 1 aromatic carbocycles. The molecule has 5 nitrogen and oxygen atoms in total. The lowest BCUT2D eigenvalue weighted by atomic mass is 10.1. The minimum Gasteiger partial charge on any atom is -0.350 e. The lowest BCUT2D eigenvalue weighted by molar-refractivity contribution is 0.0949. The van der Waals surface area contributed by atoms with Crippen molar-refractivity contribution in [3.05, 3.63) is 45.7 Å². The van der Waals surface area contributed by atoms with E-state index in [9.17, 15) is 4.79 Å². The second-order valence-electron chi connectivity index (χ2n) is 4.02. The van der Waals surface area contributed by atoms with Crippen LogP contribution in [0.15, 0.2) is 24.4 Å². The van der Waals surface area contributed by atoms with Gasteiger partial charge in [-0.15, -0.1) is 5.10 Å². The molecule has 2 aromatic rings. The molecule has 0 spiro atoms. The van der Waals surface area contributed by atoms with E-state index in [1.807, 2.05) is 6.07 Å². The largest absolute Gasteiger partial charge is 0.350 e. The first-order chi connectivity index (χ1) is 9.06. The molecule has 0 aliphatic carbocycles. The molecule has 0 unspecified atom stereocenters. The molecule has 0 aliphatic heterocycles. The Hall–Kier alpha value is -1.59. The summed E-state index contributed by atoms with van der Waals surface area (Å²) in [4.78, 5) is 11.7. The molecule has 1 heterocycles. The Kier molecular flexibility index (Phi) is 4.39. The van der Waals surface area contributed by atoms with Crippen LogP contribution in [-0.2, 0) is 13.5 Å². The van der Waals surface area contributed by atoms with Crippen molar-refractivity contribution in [2.45, 2.75) is 6.42 Å². The molecular formula is C12H12Cl2N4O. The summed E-state index contributed by atoms with van der Waals surface area (Å²) in [6, 6.07) is 5.30. The number of carbonyl (C=O) groups is 1. The van der Waals surface area contributed by atoms with Crippen LogP contribution in [0.4, 0.5) is 0 Å². The van der Waals surface area contributed by atoms with Crippen LogP contribution in [0.1, 0.15) is 16.1 Å². The lowest BCUT2D eigenvalue weighted by Gasteiger charge is -2.05. The van der Waals surface area contributed by atoms with Gasteiger partial charge in [0, 0.05) is 23.6 Å². The van der Waals surface area contributed by atoms with Crippen LogP contribution in [0.2, 0.25) is 10.0 Å². The predicted molar refractivity (Wildman–Crippen MR) is 73.5 cm³/mol. The molecule has 19 heavy (non-hydrogen) atoms. The Labute approximate surface area is 120 Å². The van der Waals surface area contributed by atoms with E-state index in [0.717, 1.165) is 5.56 Å². The van der Waals surface area contributed by atoms with Gasteiger partial charge < -0.3 is 5.32 Å². The molecule has 1 aromatic heterocycles. The topological polar surface area (TPSA) is 59.8 Å². The molecule has 0 fully saturated rings. The predicted octanol–water partition coefficient (Wildman–Crippen LogP) is 2.09. The quantitative estimate of drug-likeness (QED) is 0.940. The van der Waals surface area contributed by atoms with Gasteiger partial charge >= 0.3 is 0 Å². The fraction of sp³-hybridized carbons (Fsp3) is 0.250. The van der Waals surface area contributed by atoms with Crippen LogP contribution in [0.3, 0.4) is 0 Å². The summed E-state index contributed by atoms with van der Waals surface area (Å²) in [5, 5.41) is 11.4. The first-order valence-corrected chi connectivity index (χ1v) is 6.40. The molecule has 0 atom stereocenters. The number of carbonyl (C=O) groups excluding carboxylic acids is 1. The van der Waals surface area contributed by atoms with Crippen molar-refractivity contribution in [3.8, 4) is 0 Å². The number of hydrogen-bond acceptors (Lipinski definition) is 3. The maximum atomic E-state index is 11.7. The van der Waals surface area contributed by atoms with Crippen molar-refractivity contribution < 1.29 is 4.79 Å². The molecule has 2 rings (SSSR count). The molecule has 0 saturated carbocycles. The number of amides is 1. The average Bonchev–Trinajstić information content (AvgIpc) is 2.78. The van der Waals surface area contributed by atoms with E-state index >= 15 is 0 Å². The van der Waals surface area contributed by atoms with E-state index in [1.165, 1.54) is 4.68 Å². The third-order valence-electron chi connectivity index (χ3n) is 2.53. The minimum absolute atomic E-state index is 0.252. The number of halogens is 2. The number of hydrogen-bond donors (Lipinski definition) is 1. The van der Waals surface area contributed by atoms with E-state index in [0.29, 0.717) is 28.7 Å². The van der Waals surface area contributed by atoms with Gasteiger partial charge in [0.25, 0.3) is 5.91 Å². The summed E-state index contributed by atoms with van der Waals surface area (Å²) >= 11 is 11.9. The Morgan fingerprint density at radius 2 is 2.21 bits per heavy atom. The highest BCUT2D eigenvalue weighted by Crippen LogP contribution is 2.20. The summed E-state index contributed by atoms with van der Waals surface area (Å²) in [7, 11) is 1.71. The molecule has 0 bridgehead atoms. The number of aromatic nitrogens is 3. The van der Waals surface area contributed by atoms with Gasteiger partial charge in [0.2, 0.25) is 0 Å². The third kappa shape index (κ3) is 3.68. The fourth-order valence-corrected chi connectivity index (χ4v) is 2.08. The summed E-state index contributed by atoms with van der Waals surface area (Å²) in [5.41, 5.74) is 1.23. The van der Waals surface area contributed by atoms with Crippen molar-refractivity contribution in [2.24, 2.45) is 7.05 Å². The van der Waals surface area contributed by atoms with Crippen LogP contribution < -0.4 is 5.32 Å². The van der Waals surface area contributed by atoms with E-state index in [-0.39, 0.29) is 5.91 Å². The van der Waals surface area contributed by atoms with E-state index in [4.69, 9.17) is 23.2 Å². The van der Waals surface area contributed by atoms with E-state index in [1.54, 1.807) is 25.4 Å². The molecule has 0 saturated heterocycles. The van der Waals surface area contributed by atoms with Crippen molar-refractivity contribution in [2.75, 3.05) is 6.54 Å². The zero-order chi connectivity index (χ0) is 13.8. The van der Waals surface area contributed by atoms with Gasteiger partial charge in [-0.05, 0) is 24.1 Å². The summed E-state index contributed by atoms with van der Waals surface area (Å²) in [6.45, 7) is 0.469. The van der Waals surface area contributed by atoms with Crippen LogP contribution in [0.5, 0.6) is 0 Å². The van der Waals surface area contributed by atoms with Crippen molar-refractivity contribution in [3.63, 3.8) is 0 Å². The smallest absolute Gasteiger partial charge is 0.273 e. The van der Waals surface area contributed by atoms with Crippen molar-refractivity contribution >= 4 is 29.1 Å². The van der Waals surface area contributed by atoms with Crippen molar-refractivity contribution in [1.82, 2.24) is 20.3 Å². The monoisotopic (exact) mass is 298 g/mol. The zero-order valence-electron chi connectivity index (χ0n) is 10.2. The number of nitrogens with one attached hydrogen (secondary N) is 1. The van der Waals surface area contributed by atoms with Crippen LogP contribution >= 0.6 is 23.2 Å². The lowest BCUT2D eigenvalue weighted by Crippen LogP contribution is -2.26. The van der Waals surface area contributed by atoms with E-state index < -0.39 is 0 Å². The molecule has 100 valence electrons. The maximum Gasteiger partial charge on any atom is 0.273 e. The van der Waals surface area contributed by atoms with Crippen molar-refractivity contribution in [1.29, 1.82) is 0 Å². The molecule has 0 aliphatic rings. The Morgan fingerprint density at radius 3 is 2.84 bits per heavy atom. The SMILES string of the molecule is Cn1cc(C(=O)NCCc2ccc(Cl)cc2Cl)nn1. The van der Waals surface area contributed by atoms with Gasteiger partial charge in [-0.2, -0.15) is 0 Å². The van der Waals surface area contributed by atoms with Gasteiger partial charge in [-0.3, -0.25) is 9.48 Å². The summed E-state index contributed by atoms with van der Waals surface area (Å²) in [6.07, 6.45) is 2.19. The highest BCUT2D eigenvalue weighted by atomic mass is 35.5.